The highest BCUT2D eigenvalue weighted by atomic mass is 32.1. The summed E-state index contributed by atoms with van der Waals surface area (Å²) in [7, 11) is 0. The Hall–Kier alpha value is -2.32. The van der Waals surface area contributed by atoms with Gasteiger partial charge in [0.15, 0.2) is 0 Å². The number of likely N-dealkylation sites (N-methyl/N-ethyl adjacent to an activating group) is 1. The second-order valence-electron chi connectivity index (χ2n) is 6.46. The van der Waals surface area contributed by atoms with Crippen LogP contribution in [-0.4, -0.2) is 65.9 Å². The molecule has 8 heteroatoms. The van der Waals surface area contributed by atoms with Gasteiger partial charge < -0.3 is 10.2 Å². The van der Waals surface area contributed by atoms with Crippen molar-refractivity contribution in [1.82, 2.24) is 20.1 Å². The molecule has 0 unspecified atom stereocenters. The Kier molecular flexibility index (Phi) is 6.18. The van der Waals surface area contributed by atoms with Crippen LogP contribution < -0.4 is 5.32 Å². The van der Waals surface area contributed by atoms with Crippen LogP contribution >= 0.6 is 11.3 Å². The average molecular weight is 390 g/mol. The van der Waals surface area contributed by atoms with Gasteiger partial charge in [-0.25, -0.2) is 9.37 Å². The molecule has 6 nitrogen and oxygen atoms in total. The van der Waals surface area contributed by atoms with Crippen LogP contribution in [0.2, 0.25) is 0 Å². The lowest BCUT2D eigenvalue weighted by Gasteiger charge is -2.34. The minimum atomic E-state index is -0.297. The fraction of sp³-hybridized carbons (Fsp3) is 0.421. The number of hydrogen-bond acceptors (Lipinski definition) is 5. The second-order valence-corrected chi connectivity index (χ2v) is 7.46. The monoisotopic (exact) mass is 390 g/mol. The van der Waals surface area contributed by atoms with E-state index in [1.54, 1.807) is 12.1 Å². The van der Waals surface area contributed by atoms with Gasteiger partial charge in [-0.05, 0) is 38.1 Å². The van der Waals surface area contributed by atoms with E-state index in [0.717, 1.165) is 5.56 Å². The molecule has 1 saturated heterocycles. The third kappa shape index (κ3) is 4.70. The van der Waals surface area contributed by atoms with Gasteiger partial charge in [-0.2, -0.15) is 0 Å². The first-order chi connectivity index (χ1) is 13.0. The highest BCUT2D eigenvalue weighted by molar-refractivity contribution is 7.17. The molecule has 2 amide bonds. The van der Waals surface area contributed by atoms with E-state index in [2.05, 4.69) is 15.2 Å². The number of aryl methyl sites for hydroxylation is 1. The van der Waals surface area contributed by atoms with Crippen LogP contribution in [0.15, 0.2) is 24.3 Å². The topological polar surface area (TPSA) is 65.5 Å². The predicted molar refractivity (Wildman–Crippen MR) is 103 cm³/mol. The van der Waals surface area contributed by atoms with Gasteiger partial charge in [0.2, 0.25) is 5.91 Å². The highest BCUT2D eigenvalue weighted by Gasteiger charge is 2.26. The molecule has 1 aromatic heterocycles. The van der Waals surface area contributed by atoms with E-state index in [1.807, 2.05) is 18.7 Å². The molecule has 3 rings (SSSR count). The van der Waals surface area contributed by atoms with Crippen LogP contribution in [0.5, 0.6) is 0 Å². The summed E-state index contributed by atoms with van der Waals surface area (Å²) in [5.41, 5.74) is 1.49. The third-order valence-electron chi connectivity index (χ3n) is 4.48. The smallest absolute Gasteiger partial charge is 0.265 e. The van der Waals surface area contributed by atoms with Gasteiger partial charge in [-0.15, -0.1) is 11.3 Å². The number of piperazine rings is 1. The normalized spacial score (nSPS) is 15.0. The first-order valence-electron chi connectivity index (χ1n) is 8.99. The minimum absolute atomic E-state index is 0.0134. The van der Waals surface area contributed by atoms with Crippen molar-refractivity contribution < 1.29 is 14.0 Å². The van der Waals surface area contributed by atoms with E-state index >= 15 is 0 Å². The van der Waals surface area contributed by atoms with Crippen molar-refractivity contribution in [2.45, 2.75) is 13.8 Å². The number of carbonyl (C=O) groups is 2. The van der Waals surface area contributed by atoms with E-state index in [1.165, 1.54) is 23.5 Å². The molecule has 2 heterocycles. The lowest BCUT2D eigenvalue weighted by atomic mass is 10.2. The molecule has 1 aromatic carbocycles. The summed E-state index contributed by atoms with van der Waals surface area (Å²) < 4.78 is 13.1. The number of aromatic nitrogens is 1. The summed E-state index contributed by atoms with van der Waals surface area (Å²) in [6.45, 7) is 7.22. The first kappa shape index (κ1) is 19.4. The summed E-state index contributed by atoms with van der Waals surface area (Å²) >= 11 is 1.34. The van der Waals surface area contributed by atoms with Gasteiger partial charge in [0.05, 0.1) is 12.2 Å². The zero-order valence-corrected chi connectivity index (χ0v) is 16.3. The number of rotatable bonds is 5. The molecule has 144 valence electrons. The first-order valence-corrected chi connectivity index (χ1v) is 9.81. The zero-order valence-electron chi connectivity index (χ0n) is 15.5. The van der Waals surface area contributed by atoms with E-state index in [-0.39, 0.29) is 17.6 Å². The molecule has 1 N–H and O–H groups in total. The van der Waals surface area contributed by atoms with Gasteiger partial charge in [-0.1, -0.05) is 0 Å². The molecule has 0 atom stereocenters. The van der Waals surface area contributed by atoms with Crippen molar-refractivity contribution in [2.24, 2.45) is 0 Å². The molecular weight excluding hydrogens is 367 g/mol. The predicted octanol–water partition coefficient (Wildman–Crippen LogP) is 2.15. The van der Waals surface area contributed by atoms with Crippen molar-refractivity contribution in [2.75, 3.05) is 39.3 Å². The minimum Gasteiger partial charge on any atom is -0.355 e. The number of hydrogen-bond donors (Lipinski definition) is 1. The van der Waals surface area contributed by atoms with Crippen molar-refractivity contribution in [3.8, 4) is 10.6 Å². The van der Waals surface area contributed by atoms with Gasteiger partial charge in [0.1, 0.15) is 15.7 Å². The van der Waals surface area contributed by atoms with Crippen LogP contribution in [0.1, 0.15) is 22.3 Å². The molecular formula is C19H23FN4O2S. The third-order valence-corrected chi connectivity index (χ3v) is 5.68. The zero-order chi connectivity index (χ0) is 19.4. The maximum Gasteiger partial charge on any atom is 0.265 e. The molecule has 1 aliphatic rings. The number of benzene rings is 1. The number of thiazole rings is 1. The summed E-state index contributed by atoms with van der Waals surface area (Å²) in [6.07, 6.45) is 0. The summed E-state index contributed by atoms with van der Waals surface area (Å²) in [6, 6.07) is 6.12. The molecule has 0 aliphatic carbocycles. The highest BCUT2D eigenvalue weighted by Crippen LogP contribution is 2.29. The molecule has 0 saturated carbocycles. The van der Waals surface area contributed by atoms with Crippen LogP contribution in [-0.2, 0) is 4.79 Å². The summed E-state index contributed by atoms with van der Waals surface area (Å²) in [4.78, 5) is 33.5. The van der Waals surface area contributed by atoms with Gasteiger partial charge in [0.25, 0.3) is 5.91 Å². The van der Waals surface area contributed by atoms with Crippen molar-refractivity contribution in [1.29, 1.82) is 0 Å². The fourth-order valence-electron chi connectivity index (χ4n) is 3.02. The van der Waals surface area contributed by atoms with E-state index in [9.17, 15) is 14.0 Å². The standard InChI is InChI=1S/C19H23FN4O2S/c1-3-21-16(25)12-23-8-10-24(11-9-23)19(26)17-13(2)22-18(27-17)14-4-6-15(20)7-5-14/h4-7H,3,8-12H2,1-2H3,(H,21,25). The Morgan fingerprint density at radius 3 is 2.48 bits per heavy atom. The van der Waals surface area contributed by atoms with E-state index < -0.39 is 0 Å². The van der Waals surface area contributed by atoms with Crippen molar-refractivity contribution in [3.63, 3.8) is 0 Å². The van der Waals surface area contributed by atoms with Crippen LogP contribution in [0.25, 0.3) is 10.6 Å². The number of carbonyl (C=O) groups excluding carboxylic acids is 2. The summed E-state index contributed by atoms with van der Waals surface area (Å²) in [5, 5.41) is 3.50. The molecule has 1 aliphatic heterocycles. The molecule has 27 heavy (non-hydrogen) atoms. The van der Waals surface area contributed by atoms with E-state index in [4.69, 9.17) is 0 Å². The SMILES string of the molecule is CCNC(=O)CN1CCN(C(=O)c2sc(-c3ccc(F)cc3)nc2C)CC1. The lowest BCUT2D eigenvalue weighted by Crippen LogP contribution is -2.51. The Labute approximate surface area is 162 Å². The van der Waals surface area contributed by atoms with Crippen LogP contribution in [0, 0.1) is 12.7 Å². The van der Waals surface area contributed by atoms with Gasteiger partial charge >= 0.3 is 0 Å². The largest absolute Gasteiger partial charge is 0.355 e. The molecule has 0 bridgehead atoms. The number of halogens is 1. The second kappa shape index (κ2) is 8.58. The molecule has 0 spiro atoms. The number of amides is 2. The molecule has 2 aromatic rings. The maximum absolute atomic E-state index is 13.1. The Bertz CT molecular complexity index is 814. The molecule has 0 radical (unpaired) electrons. The Morgan fingerprint density at radius 1 is 1.19 bits per heavy atom. The van der Waals surface area contributed by atoms with Crippen LogP contribution in [0.3, 0.4) is 0 Å². The number of nitrogens with one attached hydrogen (secondary N) is 1. The summed E-state index contributed by atoms with van der Waals surface area (Å²) in [5.74, 6) is -0.315. The van der Waals surface area contributed by atoms with E-state index in [0.29, 0.717) is 54.8 Å². The van der Waals surface area contributed by atoms with Crippen LogP contribution in [0.4, 0.5) is 4.39 Å². The fourth-order valence-corrected chi connectivity index (χ4v) is 4.06. The van der Waals surface area contributed by atoms with Crippen molar-refractivity contribution in [3.05, 3.63) is 40.7 Å². The van der Waals surface area contributed by atoms with Gasteiger partial charge in [-0.3, -0.25) is 14.5 Å². The average Bonchev–Trinajstić information content (AvgIpc) is 3.04. The quantitative estimate of drug-likeness (QED) is 0.850. The maximum atomic E-state index is 13.1. The van der Waals surface area contributed by atoms with Gasteiger partial charge in [0, 0.05) is 38.3 Å². The molecule has 1 fully saturated rings. The van der Waals surface area contributed by atoms with Crippen molar-refractivity contribution >= 4 is 23.2 Å². The Morgan fingerprint density at radius 2 is 1.85 bits per heavy atom. The Balaban J connectivity index is 1.63. The number of nitrogens with zero attached hydrogens (tertiary/aromatic N) is 3. The lowest BCUT2D eigenvalue weighted by molar-refractivity contribution is -0.122.